The van der Waals surface area contributed by atoms with Crippen molar-refractivity contribution in [3.63, 3.8) is 0 Å². The van der Waals surface area contributed by atoms with Gasteiger partial charge in [-0.05, 0) is 75.3 Å². The molecule has 21 nitrogen and oxygen atoms in total. The zero-order valence-corrected chi connectivity index (χ0v) is 51.5. The van der Waals surface area contributed by atoms with E-state index in [0.717, 1.165) is 37.9 Å². The third kappa shape index (κ3) is 26.7. The number of carbonyl (C=O) groups excluding carboxylic acids is 5. The number of aliphatic hydroxyl groups is 5. The molecule has 0 aliphatic carbocycles. The van der Waals surface area contributed by atoms with Crippen LogP contribution >= 0.6 is 21.6 Å². The predicted octanol–water partition coefficient (Wildman–Crippen LogP) is 6.48. The van der Waals surface area contributed by atoms with Gasteiger partial charge in [0.2, 0.25) is 11.8 Å². The molecule has 8 N–H and O–H groups in total. The van der Waals surface area contributed by atoms with Gasteiger partial charge in [-0.25, -0.2) is 9.59 Å². The van der Waals surface area contributed by atoms with E-state index >= 15 is 0 Å². The first-order chi connectivity index (χ1) is 42.1. The zero-order chi connectivity index (χ0) is 62.7. The first-order valence-electron chi connectivity index (χ1n) is 29.5. The molecule has 1 aromatic heterocycles. The molecule has 2 aliphatic rings. The molecular formula is C64H87N5O16S2. The number of rotatable bonds is 41. The molecule has 0 spiro atoms. The minimum Gasteiger partial charge on any atom is -0.465 e. The van der Waals surface area contributed by atoms with Gasteiger partial charge in [-0.3, -0.25) is 29.6 Å². The number of unbranched alkanes of at least 4 members (excludes halogenated alkanes) is 1. The smallest absolute Gasteiger partial charge is 0.347 e. The van der Waals surface area contributed by atoms with E-state index in [1.54, 1.807) is 70.7 Å². The van der Waals surface area contributed by atoms with Crippen LogP contribution in [0.3, 0.4) is 0 Å². The Bertz CT molecular complexity index is 2710. The van der Waals surface area contributed by atoms with Crippen LogP contribution in [-0.4, -0.2) is 179 Å². The molecule has 3 heterocycles. The minimum absolute atomic E-state index is 0.0241. The third-order valence-electron chi connectivity index (χ3n) is 13.7. The second kappa shape index (κ2) is 40.5. The number of aliphatic hydroxyl groups excluding tert-OH is 5. The summed E-state index contributed by atoms with van der Waals surface area (Å²) < 4.78 is 34.4. The van der Waals surface area contributed by atoms with E-state index in [1.165, 1.54) is 42.7 Å². The molecule has 2 aliphatic heterocycles. The number of hydrogen-bond donors (Lipinski definition) is 8. The number of carbonyl (C=O) groups is 5. The number of piperidine rings is 1. The van der Waals surface area contributed by atoms with Crippen molar-refractivity contribution in [2.24, 2.45) is 5.41 Å². The third-order valence-corrected chi connectivity index (χ3v) is 16.1. The summed E-state index contributed by atoms with van der Waals surface area (Å²) in [4.78, 5) is 72.2. The number of nitrogens with one attached hydrogen (secondary N) is 3. The number of hydrogen-bond acceptors (Lipinski definition) is 21. The monoisotopic (exact) mass is 1250 g/mol. The lowest BCUT2D eigenvalue weighted by Gasteiger charge is -2.43. The fourth-order valence-corrected chi connectivity index (χ4v) is 10.6. The number of ether oxygens (including phenoxy) is 6. The highest BCUT2D eigenvalue weighted by Gasteiger charge is 2.42. The Balaban J connectivity index is 1.06. The number of nitrogens with zero attached hydrogens (tertiary/aromatic N) is 2. The van der Waals surface area contributed by atoms with E-state index in [2.05, 4.69) is 76.5 Å². The van der Waals surface area contributed by atoms with Gasteiger partial charge in [0.15, 0.2) is 6.29 Å². The molecule has 0 saturated carbocycles. The second-order valence-corrected chi connectivity index (χ2v) is 23.8. The van der Waals surface area contributed by atoms with Crippen LogP contribution in [0.1, 0.15) is 111 Å². The Kier molecular flexibility index (Phi) is 33.4. The maximum Gasteiger partial charge on any atom is 0.347 e. The van der Waals surface area contributed by atoms with Gasteiger partial charge >= 0.3 is 17.9 Å². The lowest BCUT2D eigenvalue weighted by Crippen LogP contribution is -2.62. The van der Waals surface area contributed by atoms with Gasteiger partial charge in [-0.1, -0.05) is 133 Å². The summed E-state index contributed by atoms with van der Waals surface area (Å²) in [6.07, 6.45) is 22.5. The molecule has 5 rings (SSSR count). The van der Waals surface area contributed by atoms with Crippen LogP contribution in [0.15, 0.2) is 134 Å². The second-order valence-electron chi connectivity index (χ2n) is 21.1. The number of amides is 2. The van der Waals surface area contributed by atoms with E-state index < -0.39 is 66.0 Å². The number of likely N-dealkylation sites (tertiary alicyclic amines) is 1. The molecule has 2 fully saturated rings. The summed E-state index contributed by atoms with van der Waals surface area (Å²) >= 11 is 0. The van der Waals surface area contributed by atoms with Gasteiger partial charge in [0.05, 0.1) is 49.7 Å². The Morgan fingerprint density at radius 2 is 1.44 bits per heavy atom. The Morgan fingerprint density at radius 1 is 0.782 bits per heavy atom. The molecule has 0 radical (unpaired) electrons. The van der Waals surface area contributed by atoms with Crippen LogP contribution in [0.2, 0.25) is 0 Å². The number of para-hydroxylation sites is 2. The molecular weight excluding hydrogens is 1160 g/mol. The first kappa shape index (κ1) is 71.7. The van der Waals surface area contributed by atoms with Gasteiger partial charge in [-0.2, -0.15) is 0 Å². The van der Waals surface area contributed by atoms with Gasteiger partial charge in [0.25, 0.3) is 0 Å². The largest absolute Gasteiger partial charge is 0.465 e. The van der Waals surface area contributed by atoms with E-state index in [1.807, 2.05) is 12.2 Å². The maximum absolute atomic E-state index is 14.1. The highest BCUT2D eigenvalue weighted by molar-refractivity contribution is 8.76. The molecule has 23 heteroatoms. The highest BCUT2D eigenvalue weighted by Crippen LogP contribution is 2.34. The molecule has 2 saturated heterocycles. The van der Waals surface area contributed by atoms with E-state index in [0.29, 0.717) is 51.4 Å². The molecule has 87 heavy (non-hydrogen) atoms. The number of benzene rings is 2. The van der Waals surface area contributed by atoms with Gasteiger partial charge in [0.1, 0.15) is 47.7 Å². The topological polar surface area (TPSA) is 297 Å². The van der Waals surface area contributed by atoms with Crippen LogP contribution in [0, 0.1) is 5.41 Å². The summed E-state index contributed by atoms with van der Waals surface area (Å²) in [6.45, 7) is 6.83. The van der Waals surface area contributed by atoms with Crippen molar-refractivity contribution in [2.45, 2.75) is 128 Å². The summed E-state index contributed by atoms with van der Waals surface area (Å²) in [5, 5.41) is 60.3. The van der Waals surface area contributed by atoms with Crippen LogP contribution in [0.25, 0.3) is 0 Å². The van der Waals surface area contributed by atoms with Crippen molar-refractivity contribution in [1.29, 1.82) is 0 Å². The van der Waals surface area contributed by atoms with E-state index in [9.17, 15) is 49.5 Å². The fraction of sp³-hybridized carbons (Fsp3) is 0.500. The molecule has 8 atom stereocenters. The van der Waals surface area contributed by atoms with Crippen molar-refractivity contribution < 1.29 is 77.9 Å². The number of pyridine rings is 1. The SMILES string of the molecule is CCC=CCC=CCC=CCC=CCC=CCCCC(=O)OCC(C)(C)C(OC(O)c1ccccc1OC(=O)c1ccccc1OC(=O)c1cccnc1)C(=O)NCCC(=O)NCCSSCCNC1OC1COCCN1CC(O)C(O)C(O)C1CO. The summed E-state index contributed by atoms with van der Waals surface area (Å²) in [5.74, 6) is -1.99. The molecule has 2 amide bonds. The predicted molar refractivity (Wildman–Crippen MR) is 333 cm³/mol. The van der Waals surface area contributed by atoms with Gasteiger partial charge < -0.3 is 64.6 Å². The quantitative estimate of drug-likeness (QED) is 0.00573. The Morgan fingerprint density at radius 3 is 2.13 bits per heavy atom. The summed E-state index contributed by atoms with van der Waals surface area (Å²) in [5.41, 5.74) is -1.22. The van der Waals surface area contributed by atoms with Crippen molar-refractivity contribution in [2.75, 3.05) is 70.7 Å². The number of β-amino-alcohol motifs (C(OH)–C–C–N with tert-alkyl or cyclic N) is 1. The molecule has 0 bridgehead atoms. The zero-order valence-electron chi connectivity index (χ0n) is 49.9. The lowest BCUT2D eigenvalue weighted by molar-refractivity contribution is -0.190. The molecule has 3 aromatic rings. The number of esters is 3. The number of allylic oxidation sites excluding steroid dienone is 10. The van der Waals surface area contributed by atoms with Crippen LogP contribution in [-0.2, 0) is 33.3 Å². The molecule has 2 aromatic carbocycles. The summed E-state index contributed by atoms with van der Waals surface area (Å²) in [6, 6.07) is 14.4. The standard InChI is InChI=1S/C64H87N5O16S2/c1-4-5-6-7-8-9-10-11-12-13-14-15-16-17-18-19-20-31-55(73)81-45-64(2,3)58(85-63(79)48-28-22-24-30-52(48)84-62(78)47-27-21-23-29-51(47)83-61(77)46-26-25-33-65-41-46)59(76)67-34-32-54(72)66-35-39-86-87-40-36-68-60-53(82-60)44-80-38-37-69-42-50(71)57(75)56(74)49(69)43-70/h5-6,8-9,11-12,14-15,17-18,21-30,33,41,49-50,53,56-58,60,63,68,70-71,74-75,79H,4,7,10,13,16,19-20,31-32,34-40,42-45H2,1-3H3,(H,66,72)(H,67,76). The van der Waals surface area contributed by atoms with Crippen LogP contribution in [0.4, 0.5) is 0 Å². The van der Waals surface area contributed by atoms with E-state index in [-0.39, 0.29) is 85.6 Å². The van der Waals surface area contributed by atoms with Crippen molar-refractivity contribution in [3.8, 4) is 11.5 Å². The van der Waals surface area contributed by atoms with Gasteiger partial charge in [0, 0.05) is 74.9 Å². The van der Waals surface area contributed by atoms with Crippen LogP contribution < -0.4 is 25.4 Å². The number of aromatic nitrogens is 1. The first-order valence-corrected chi connectivity index (χ1v) is 32.0. The van der Waals surface area contributed by atoms with Crippen molar-refractivity contribution >= 4 is 51.3 Å². The normalized spacial score (nSPS) is 19.7. The minimum atomic E-state index is -1.87. The van der Waals surface area contributed by atoms with Crippen LogP contribution in [0.5, 0.6) is 11.5 Å². The fourth-order valence-electron chi connectivity index (χ4n) is 8.79. The Labute approximate surface area is 518 Å². The molecule has 8 unspecified atom stereocenters. The van der Waals surface area contributed by atoms with E-state index in [4.69, 9.17) is 28.4 Å². The Hall–Kier alpha value is -6.06. The van der Waals surface area contributed by atoms with Gasteiger partial charge in [-0.15, -0.1) is 0 Å². The van der Waals surface area contributed by atoms with Crippen molar-refractivity contribution in [1.82, 2.24) is 25.8 Å². The average Bonchev–Trinajstić information content (AvgIpc) is 2.77. The molecule has 476 valence electrons. The summed E-state index contributed by atoms with van der Waals surface area (Å²) in [7, 11) is 3.21. The highest BCUT2D eigenvalue weighted by atomic mass is 33.1. The average molecular weight is 1250 g/mol. The maximum atomic E-state index is 14.1. The lowest BCUT2D eigenvalue weighted by atomic mass is 9.86. The number of epoxide rings is 1. The van der Waals surface area contributed by atoms with Crippen molar-refractivity contribution in [3.05, 3.63) is 151 Å².